The number of ether oxygens (including phenoxy) is 2. The lowest BCUT2D eigenvalue weighted by Crippen LogP contribution is -2.20. The molecule has 1 aliphatic heterocycles. The number of carbonyl (C=O) groups is 2. The van der Waals surface area contributed by atoms with Crippen LogP contribution >= 0.6 is 0 Å². The van der Waals surface area contributed by atoms with Gasteiger partial charge in [-0.3, -0.25) is 9.59 Å². The lowest BCUT2D eigenvalue weighted by molar-refractivity contribution is -0.274. The zero-order valence-corrected chi connectivity index (χ0v) is 18.5. The van der Waals surface area contributed by atoms with Gasteiger partial charge >= 0.3 is 6.36 Å². The molecule has 2 aliphatic rings. The number of hydrogen-bond donors (Lipinski definition) is 0. The van der Waals surface area contributed by atoms with E-state index in [0.29, 0.717) is 42.3 Å². The van der Waals surface area contributed by atoms with Gasteiger partial charge in [-0.1, -0.05) is 24.3 Å². The Morgan fingerprint density at radius 1 is 0.970 bits per heavy atom. The van der Waals surface area contributed by atoms with Crippen molar-refractivity contribution < 1.29 is 32.2 Å². The van der Waals surface area contributed by atoms with Gasteiger partial charge in [-0.15, -0.1) is 13.2 Å². The summed E-state index contributed by atoms with van der Waals surface area (Å²) in [5, 5.41) is 0. The van der Waals surface area contributed by atoms with Gasteiger partial charge in [0.15, 0.2) is 11.6 Å². The quantitative estimate of drug-likeness (QED) is 0.528. The SMILES string of the molecule is Cc1cc(-c2ccc(OC(F)(F)F)cc2)cc(C)c1C1C(=O)C=C(CC2CCOCC2)C1=O. The van der Waals surface area contributed by atoms with Gasteiger partial charge in [-0.25, -0.2) is 0 Å². The molecule has 4 rings (SSSR count). The fraction of sp³-hybridized carbons (Fsp3) is 0.385. The van der Waals surface area contributed by atoms with E-state index in [1.807, 2.05) is 26.0 Å². The Bertz CT molecular complexity index is 1070. The van der Waals surface area contributed by atoms with E-state index < -0.39 is 12.3 Å². The number of alkyl halides is 3. The number of hydrogen-bond acceptors (Lipinski definition) is 4. The van der Waals surface area contributed by atoms with Crippen molar-refractivity contribution in [3.05, 3.63) is 64.7 Å². The standard InChI is InChI=1S/C26H25F3O4/c1-15-11-19(18-3-5-21(6-4-18)33-26(27,28)29)12-16(2)23(15)24-22(30)14-20(25(24)31)13-17-7-9-32-10-8-17/h3-6,11-12,14,17,24H,7-10,13H2,1-2H3. The van der Waals surface area contributed by atoms with E-state index in [9.17, 15) is 22.8 Å². The van der Waals surface area contributed by atoms with Crippen molar-refractivity contribution in [3.63, 3.8) is 0 Å². The third-order valence-corrected chi connectivity index (χ3v) is 6.33. The van der Waals surface area contributed by atoms with Crippen molar-refractivity contribution in [1.82, 2.24) is 0 Å². The van der Waals surface area contributed by atoms with Gasteiger partial charge in [0.1, 0.15) is 11.7 Å². The van der Waals surface area contributed by atoms with Crippen LogP contribution in [0.1, 0.15) is 41.9 Å². The molecule has 1 fully saturated rings. The van der Waals surface area contributed by atoms with Gasteiger partial charge in [-0.2, -0.15) is 0 Å². The van der Waals surface area contributed by atoms with Gasteiger partial charge in [0.2, 0.25) is 0 Å². The van der Waals surface area contributed by atoms with Crippen molar-refractivity contribution in [2.24, 2.45) is 5.92 Å². The maximum Gasteiger partial charge on any atom is 0.573 e. The third kappa shape index (κ3) is 5.19. The maximum absolute atomic E-state index is 13.2. The van der Waals surface area contributed by atoms with Crippen LogP contribution in [0.3, 0.4) is 0 Å². The molecule has 0 N–H and O–H groups in total. The van der Waals surface area contributed by atoms with Crippen LogP contribution in [0.15, 0.2) is 48.0 Å². The summed E-state index contributed by atoms with van der Waals surface area (Å²) < 4.78 is 46.5. The molecule has 0 saturated carbocycles. The predicted molar refractivity (Wildman–Crippen MR) is 117 cm³/mol. The van der Waals surface area contributed by atoms with E-state index in [4.69, 9.17) is 4.74 Å². The summed E-state index contributed by atoms with van der Waals surface area (Å²) in [5.74, 6) is -1.07. The predicted octanol–water partition coefficient (Wildman–Crippen LogP) is 5.85. The molecule has 1 unspecified atom stereocenters. The molecule has 1 saturated heterocycles. The van der Waals surface area contributed by atoms with E-state index in [0.717, 1.165) is 29.5 Å². The summed E-state index contributed by atoms with van der Waals surface area (Å²) in [6, 6.07) is 9.34. The maximum atomic E-state index is 13.2. The molecule has 0 amide bonds. The van der Waals surface area contributed by atoms with Crippen molar-refractivity contribution in [1.29, 1.82) is 0 Å². The topological polar surface area (TPSA) is 52.6 Å². The van der Waals surface area contributed by atoms with Gasteiger partial charge in [-0.05, 0) is 85.1 Å². The molecular weight excluding hydrogens is 433 g/mol. The number of Topliss-reactive ketones (excluding diaryl/α,β-unsaturated/α-hetero) is 1. The van der Waals surface area contributed by atoms with Crippen LogP contribution in [0.5, 0.6) is 5.75 Å². The molecule has 0 bridgehead atoms. The summed E-state index contributed by atoms with van der Waals surface area (Å²) in [5.41, 5.74) is 4.41. The number of benzene rings is 2. The van der Waals surface area contributed by atoms with Gasteiger partial charge in [0.25, 0.3) is 0 Å². The van der Waals surface area contributed by atoms with Gasteiger partial charge in [0.05, 0.1) is 0 Å². The number of ketones is 2. The molecule has 2 aromatic rings. The highest BCUT2D eigenvalue weighted by Gasteiger charge is 2.38. The molecule has 1 heterocycles. The fourth-order valence-corrected chi connectivity index (χ4v) is 4.78. The fourth-order valence-electron chi connectivity index (χ4n) is 4.78. The van der Waals surface area contributed by atoms with E-state index in [2.05, 4.69) is 4.74 Å². The Hall–Kier alpha value is -2.93. The minimum absolute atomic E-state index is 0.126. The minimum Gasteiger partial charge on any atom is -0.406 e. The lowest BCUT2D eigenvalue weighted by Gasteiger charge is -2.22. The zero-order chi connectivity index (χ0) is 23.8. The molecule has 7 heteroatoms. The third-order valence-electron chi connectivity index (χ3n) is 6.33. The summed E-state index contributed by atoms with van der Waals surface area (Å²) in [4.78, 5) is 26.0. The van der Waals surface area contributed by atoms with Crippen LogP contribution in [0.25, 0.3) is 11.1 Å². The monoisotopic (exact) mass is 458 g/mol. The highest BCUT2D eigenvalue weighted by molar-refractivity contribution is 6.25. The highest BCUT2D eigenvalue weighted by atomic mass is 19.4. The average Bonchev–Trinajstić information content (AvgIpc) is 3.01. The summed E-state index contributed by atoms with van der Waals surface area (Å²) in [6.07, 6.45) is -0.845. The smallest absolute Gasteiger partial charge is 0.406 e. The van der Waals surface area contributed by atoms with Crippen molar-refractivity contribution in [2.75, 3.05) is 13.2 Å². The second-order valence-corrected chi connectivity index (χ2v) is 8.72. The number of halogens is 3. The normalized spacial score (nSPS) is 19.7. The number of aryl methyl sites for hydroxylation is 2. The zero-order valence-electron chi connectivity index (χ0n) is 18.5. The van der Waals surface area contributed by atoms with E-state index >= 15 is 0 Å². The Labute approximate surface area is 190 Å². The van der Waals surface area contributed by atoms with Gasteiger partial charge in [0, 0.05) is 18.8 Å². The Morgan fingerprint density at radius 3 is 2.15 bits per heavy atom. The largest absolute Gasteiger partial charge is 0.573 e. The Kier molecular flexibility index (Phi) is 6.43. The molecule has 2 aromatic carbocycles. The molecule has 1 aliphatic carbocycles. The van der Waals surface area contributed by atoms with E-state index in [1.165, 1.54) is 18.2 Å². The second kappa shape index (κ2) is 9.14. The highest BCUT2D eigenvalue weighted by Crippen LogP contribution is 2.38. The molecule has 1 atom stereocenters. The first-order valence-corrected chi connectivity index (χ1v) is 11.0. The van der Waals surface area contributed by atoms with Crippen LogP contribution in [-0.4, -0.2) is 31.1 Å². The summed E-state index contributed by atoms with van der Waals surface area (Å²) in [6.45, 7) is 5.08. The van der Waals surface area contributed by atoms with Crippen LogP contribution in [0, 0.1) is 19.8 Å². The van der Waals surface area contributed by atoms with Crippen molar-refractivity contribution in [3.8, 4) is 16.9 Å². The number of rotatable bonds is 5. The molecule has 0 aromatic heterocycles. The van der Waals surface area contributed by atoms with E-state index in [-0.39, 0.29) is 17.3 Å². The summed E-state index contributed by atoms with van der Waals surface area (Å²) in [7, 11) is 0. The minimum atomic E-state index is -4.74. The van der Waals surface area contributed by atoms with Crippen LogP contribution < -0.4 is 4.74 Å². The molecule has 0 spiro atoms. The Balaban J connectivity index is 1.55. The van der Waals surface area contributed by atoms with E-state index in [1.54, 1.807) is 12.1 Å². The number of allylic oxidation sites excluding steroid dienone is 2. The van der Waals surface area contributed by atoms with Crippen molar-refractivity contribution >= 4 is 11.6 Å². The first kappa shape index (κ1) is 23.2. The lowest BCUT2D eigenvalue weighted by atomic mass is 9.83. The average molecular weight is 458 g/mol. The second-order valence-electron chi connectivity index (χ2n) is 8.72. The first-order valence-electron chi connectivity index (χ1n) is 11.0. The van der Waals surface area contributed by atoms with Crippen LogP contribution in [0.4, 0.5) is 13.2 Å². The summed E-state index contributed by atoms with van der Waals surface area (Å²) >= 11 is 0. The molecular formula is C26H25F3O4. The molecule has 4 nitrogen and oxygen atoms in total. The van der Waals surface area contributed by atoms with Crippen LogP contribution in [-0.2, 0) is 14.3 Å². The molecule has 0 radical (unpaired) electrons. The first-order chi connectivity index (χ1) is 15.6. The van der Waals surface area contributed by atoms with Crippen LogP contribution in [0.2, 0.25) is 0 Å². The molecule has 33 heavy (non-hydrogen) atoms. The van der Waals surface area contributed by atoms with Gasteiger partial charge < -0.3 is 9.47 Å². The van der Waals surface area contributed by atoms with Crippen molar-refractivity contribution in [2.45, 2.75) is 45.4 Å². The molecule has 174 valence electrons. The Morgan fingerprint density at radius 2 is 1.58 bits per heavy atom. The number of carbonyl (C=O) groups excluding carboxylic acids is 2.